The molecule has 1 aliphatic carbocycles. The molecule has 1 unspecified atom stereocenters. The second kappa shape index (κ2) is 9.62. The normalized spacial score (nSPS) is 24.2. The van der Waals surface area contributed by atoms with E-state index in [1.165, 1.54) is 6.42 Å². The molecule has 34 heavy (non-hydrogen) atoms. The number of aromatic nitrogens is 2. The number of aliphatic hydroxyl groups is 1. The largest absolute Gasteiger partial charge is 0.385 e. The van der Waals surface area contributed by atoms with Crippen LogP contribution in [0.3, 0.4) is 0 Å². The van der Waals surface area contributed by atoms with Crippen LogP contribution in [0.2, 0.25) is 0 Å². The van der Waals surface area contributed by atoms with Gasteiger partial charge in [-0.2, -0.15) is 0 Å². The first-order valence-corrected chi connectivity index (χ1v) is 12.8. The summed E-state index contributed by atoms with van der Waals surface area (Å²) in [6.45, 7) is 5.04. The number of nitrogens with zero attached hydrogens (tertiary/aromatic N) is 4. The van der Waals surface area contributed by atoms with Gasteiger partial charge < -0.3 is 19.6 Å². The van der Waals surface area contributed by atoms with Crippen LogP contribution in [0.15, 0.2) is 42.7 Å². The molecular weight excluding hydrogens is 428 g/mol. The summed E-state index contributed by atoms with van der Waals surface area (Å²) in [4.78, 5) is 26.3. The lowest BCUT2D eigenvalue weighted by molar-refractivity contribution is -0.130. The maximum absolute atomic E-state index is 13.2. The number of rotatable bonds is 4. The number of amides is 1. The lowest BCUT2D eigenvalue weighted by Crippen LogP contribution is -2.60. The van der Waals surface area contributed by atoms with Gasteiger partial charge in [-0.25, -0.2) is 9.97 Å². The molecule has 2 aromatic rings. The maximum Gasteiger partial charge on any atom is 0.253 e. The predicted molar refractivity (Wildman–Crippen MR) is 133 cm³/mol. The summed E-state index contributed by atoms with van der Waals surface area (Å²) in [6, 6.07) is 9.49. The van der Waals surface area contributed by atoms with Crippen molar-refractivity contribution >= 4 is 11.9 Å². The van der Waals surface area contributed by atoms with Gasteiger partial charge in [-0.3, -0.25) is 4.79 Å². The summed E-state index contributed by atoms with van der Waals surface area (Å²) >= 11 is 0. The van der Waals surface area contributed by atoms with Crippen molar-refractivity contribution < 1.29 is 16.1 Å². The van der Waals surface area contributed by atoms with Crippen LogP contribution in [-0.2, 0) is 10.3 Å². The molecule has 1 saturated carbocycles. The molecule has 1 aromatic carbocycles. The van der Waals surface area contributed by atoms with E-state index in [1.807, 2.05) is 35.2 Å². The van der Waals surface area contributed by atoms with Gasteiger partial charge in [-0.15, -0.1) is 0 Å². The third-order valence-corrected chi connectivity index (χ3v) is 7.92. The van der Waals surface area contributed by atoms with Crippen LogP contribution in [0.5, 0.6) is 0 Å². The van der Waals surface area contributed by atoms with Crippen molar-refractivity contribution in [1.82, 2.24) is 14.9 Å². The molecule has 1 spiro atoms. The maximum atomic E-state index is 13.2. The van der Waals surface area contributed by atoms with Gasteiger partial charge in [-0.1, -0.05) is 38.3 Å². The molecular formula is C27H38N4O3. The average Bonchev–Trinajstić information content (AvgIpc) is 2.89. The Bertz CT molecular complexity index is 974. The Kier molecular flexibility index (Phi) is 6.58. The summed E-state index contributed by atoms with van der Waals surface area (Å²) < 4.78 is 6.58. The van der Waals surface area contributed by atoms with E-state index in [0.29, 0.717) is 18.7 Å². The van der Waals surface area contributed by atoms with E-state index in [4.69, 9.17) is 4.74 Å². The number of carbonyl (C=O) groups is 1. The zero-order valence-electron chi connectivity index (χ0n) is 20.2. The van der Waals surface area contributed by atoms with Gasteiger partial charge in [0.15, 0.2) is 0 Å². The highest BCUT2D eigenvalue weighted by Gasteiger charge is 2.44. The van der Waals surface area contributed by atoms with Gasteiger partial charge in [0.05, 0.1) is 23.9 Å². The van der Waals surface area contributed by atoms with Crippen LogP contribution in [0.25, 0.3) is 0 Å². The Morgan fingerprint density at radius 3 is 2.41 bits per heavy atom. The number of anilines is 1. The quantitative estimate of drug-likeness (QED) is 0.729. The Balaban J connectivity index is 0.00000289. The summed E-state index contributed by atoms with van der Waals surface area (Å²) in [5.41, 5.74) is 0.614. The van der Waals surface area contributed by atoms with Crippen LogP contribution in [-0.4, -0.2) is 63.8 Å². The van der Waals surface area contributed by atoms with E-state index in [-0.39, 0.29) is 19.0 Å². The zero-order valence-corrected chi connectivity index (χ0v) is 20.2. The van der Waals surface area contributed by atoms with Crippen molar-refractivity contribution in [3.8, 4) is 0 Å². The van der Waals surface area contributed by atoms with Gasteiger partial charge in [0.25, 0.3) is 5.91 Å². The van der Waals surface area contributed by atoms with Gasteiger partial charge in [0, 0.05) is 39.0 Å². The highest BCUT2D eigenvalue weighted by Crippen LogP contribution is 2.37. The fraction of sp³-hybridized carbons (Fsp3) is 0.593. The fourth-order valence-corrected chi connectivity index (χ4v) is 5.83. The smallest absolute Gasteiger partial charge is 0.253 e. The van der Waals surface area contributed by atoms with Gasteiger partial charge >= 0.3 is 0 Å². The second-order valence-electron chi connectivity index (χ2n) is 10.2. The van der Waals surface area contributed by atoms with Crippen molar-refractivity contribution in [1.29, 1.82) is 0 Å². The molecule has 1 N–H and O–H groups in total. The molecule has 1 atom stereocenters. The number of ether oxygens (including phenoxy) is 1. The molecule has 7 heteroatoms. The van der Waals surface area contributed by atoms with Crippen molar-refractivity contribution in [2.75, 3.05) is 31.1 Å². The summed E-state index contributed by atoms with van der Waals surface area (Å²) in [6.07, 6.45) is 11.2. The Morgan fingerprint density at radius 1 is 1.09 bits per heavy atom. The monoisotopic (exact) mass is 466 g/mol. The number of hydrogen-bond donors (Lipinski definition) is 1. The molecule has 2 aliphatic heterocycles. The molecule has 7 nitrogen and oxygen atoms in total. The summed E-state index contributed by atoms with van der Waals surface area (Å²) in [5.74, 6) is 0.810. The number of carbonyl (C=O) groups excluding carboxylic acids is 1. The molecule has 2 saturated heterocycles. The third kappa shape index (κ3) is 4.68. The molecule has 5 rings (SSSR count). The van der Waals surface area contributed by atoms with Crippen LogP contribution >= 0.6 is 0 Å². The first-order chi connectivity index (χ1) is 16.5. The molecule has 0 bridgehead atoms. The topological polar surface area (TPSA) is 78.8 Å². The molecule has 1 amide bonds. The molecule has 1 aromatic heterocycles. The lowest BCUT2D eigenvalue weighted by Gasteiger charge is -2.50. The Labute approximate surface area is 203 Å². The van der Waals surface area contributed by atoms with Crippen molar-refractivity contribution in [2.45, 2.75) is 75.6 Å². The van der Waals surface area contributed by atoms with E-state index in [2.05, 4.69) is 21.8 Å². The minimum Gasteiger partial charge on any atom is -0.385 e. The Hall–Kier alpha value is -2.51. The van der Waals surface area contributed by atoms with Crippen LogP contribution in [0.4, 0.5) is 5.95 Å². The minimum absolute atomic E-state index is 0. The first-order valence-electron chi connectivity index (χ1n) is 12.8. The number of likely N-dealkylation sites (tertiary alicyclic amines) is 1. The molecule has 3 fully saturated rings. The fourth-order valence-electron chi connectivity index (χ4n) is 5.83. The van der Waals surface area contributed by atoms with Gasteiger partial charge in [-0.05, 0) is 55.9 Å². The SMILES string of the molecule is CCC1CN(c2ncccn2)CC2(CCN(C(=O)c3ccc(C4(O)CCCCC4)cc3)CC2)O1.[HH]. The lowest BCUT2D eigenvalue weighted by atomic mass is 9.79. The predicted octanol–water partition coefficient (Wildman–Crippen LogP) is 4.16. The van der Waals surface area contributed by atoms with Crippen molar-refractivity contribution in [3.05, 3.63) is 53.9 Å². The van der Waals surface area contributed by atoms with Crippen molar-refractivity contribution in [2.24, 2.45) is 0 Å². The van der Waals surface area contributed by atoms with Gasteiger partial charge in [0.1, 0.15) is 0 Å². The Morgan fingerprint density at radius 2 is 1.76 bits per heavy atom. The number of morpholine rings is 1. The van der Waals surface area contributed by atoms with Crippen LogP contribution < -0.4 is 4.90 Å². The average molecular weight is 467 g/mol. The molecule has 3 aliphatic rings. The molecule has 3 heterocycles. The van der Waals surface area contributed by atoms with E-state index >= 15 is 0 Å². The third-order valence-electron chi connectivity index (χ3n) is 7.92. The number of piperidine rings is 1. The second-order valence-corrected chi connectivity index (χ2v) is 10.2. The number of hydrogen-bond acceptors (Lipinski definition) is 6. The summed E-state index contributed by atoms with van der Waals surface area (Å²) in [7, 11) is 0. The van der Waals surface area contributed by atoms with Gasteiger partial charge in [0.2, 0.25) is 5.95 Å². The minimum atomic E-state index is -0.736. The van der Waals surface area contributed by atoms with Crippen molar-refractivity contribution in [3.63, 3.8) is 0 Å². The first kappa shape index (κ1) is 23.2. The standard InChI is InChI=1S/C27H36N4O3.H2/c1-2-23-19-31(25-28-15-6-16-29-25)20-26(34-23)13-17-30(18-14-26)24(32)21-7-9-22(10-8-21)27(33)11-4-3-5-12-27;/h6-10,15-16,23,33H,2-5,11-14,17-20H2,1H3;1H. The highest BCUT2D eigenvalue weighted by molar-refractivity contribution is 5.94. The van der Waals surface area contributed by atoms with E-state index in [0.717, 1.165) is 69.5 Å². The van der Waals surface area contributed by atoms with E-state index in [9.17, 15) is 9.90 Å². The zero-order chi connectivity index (χ0) is 23.6. The molecule has 184 valence electrons. The molecule has 0 radical (unpaired) electrons. The summed E-state index contributed by atoms with van der Waals surface area (Å²) in [5, 5.41) is 11.0. The van der Waals surface area contributed by atoms with Crippen LogP contribution in [0, 0.1) is 0 Å². The number of benzene rings is 1. The van der Waals surface area contributed by atoms with Crippen LogP contribution in [0.1, 0.15) is 75.6 Å². The van der Waals surface area contributed by atoms with E-state index < -0.39 is 5.60 Å². The highest BCUT2D eigenvalue weighted by atomic mass is 16.5. The van der Waals surface area contributed by atoms with E-state index in [1.54, 1.807) is 12.4 Å².